The zero-order chi connectivity index (χ0) is 14.2. The van der Waals surface area contributed by atoms with Crippen LogP contribution in [-0.4, -0.2) is 57.9 Å². The number of nitrogens with two attached hydrogens (primary N) is 1. The van der Waals surface area contributed by atoms with E-state index >= 15 is 0 Å². The molecule has 2 rings (SSSR count). The first-order valence-electron chi connectivity index (χ1n) is 5.93. The lowest BCUT2D eigenvalue weighted by Gasteiger charge is -2.54. The highest BCUT2D eigenvalue weighted by atomic mass is 32.2. The van der Waals surface area contributed by atoms with Crippen LogP contribution in [-0.2, 0) is 9.63 Å². The zero-order valence-electron chi connectivity index (χ0n) is 11.0. The number of thioether (sulfide) groups is 1. The summed E-state index contributed by atoms with van der Waals surface area (Å²) in [7, 11) is 1.67. The van der Waals surface area contributed by atoms with Gasteiger partial charge in [0.2, 0.25) is 0 Å². The van der Waals surface area contributed by atoms with Crippen molar-refractivity contribution >= 4 is 17.5 Å². The second-order valence-corrected chi connectivity index (χ2v) is 5.64. The molecule has 6 nitrogen and oxygen atoms in total. The molecule has 0 amide bonds. The van der Waals surface area contributed by atoms with Crippen LogP contribution < -0.4 is 5.73 Å². The molecule has 3 unspecified atom stereocenters. The van der Waals surface area contributed by atoms with E-state index in [9.17, 15) is 9.90 Å². The third-order valence-corrected chi connectivity index (χ3v) is 4.64. The topological polar surface area (TPSA) is 79.0 Å². The van der Waals surface area contributed by atoms with Gasteiger partial charge in [-0.2, -0.15) is 0 Å². The Bertz CT molecular complexity index is 426. The molecule has 0 bridgehead atoms. The molecule has 2 aliphatic rings. The van der Waals surface area contributed by atoms with E-state index < -0.39 is 6.23 Å². The van der Waals surface area contributed by atoms with Crippen LogP contribution in [0.3, 0.4) is 0 Å². The number of hydrogen-bond acceptors (Lipinski definition) is 7. The van der Waals surface area contributed by atoms with Crippen molar-refractivity contribution in [3.05, 3.63) is 24.0 Å². The maximum Gasteiger partial charge on any atom is 0.389 e. The maximum atomic E-state index is 11.8. The summed E-state index contributed by atoms with van der Waals surface area (Å²) in [6, 6.07) is -0.314. The van der Waals surface area contributed by atoms with Gasteiger partial charge in [-0.25, -0.2) is 4.84 Å². The van der Waals surface area contributed by atoms with Gasteiger partial charge in [0.1, 0.15) is 12.8 Å². The van der Waals surface area contributed by atoms with E-state index in [1.165, 1.54) is 12.0 Å². The highest BCUT2D eigenvalue weighted by Crippen LogP contribution is 2.41. The number of carbonyl (C=O) groups excluding carboxylic acids is 1. The molecule has 19 heavy (non-hydrogen) atoms. The molecule has 2 aliphatic heterocycles. The van der Waals surface area contributed by atoms with Crippen molar-refractivity contribution < 1.29 is 14.7 Å². The zero-order valence-corrected chi connectivity index (χ0v) is 11.8. The van der Waals surface area contributed by atoms with Crippen LogP contribution in [0.15, 0.2) is 17.8 Å². The van der Waals surface area contributed by atoms with E-state index in [2.05, 4.69) is 12.8 Å². The van der Waals surface area contributed by atoms with Gasteiger partial charge in [0.15, 0.2) is 12.4 Å². The maximum absolute atomic E-state index is 11.8. The fourth-order valence-corrected chi connectivity index (χ4v) is 3.56. The van der Waals surface area contributed by atoms with Crippen molar-refractivity contribution in [3.8, 4) is 0 Å². The van der Waals surface area contributed by atoms with E-state index in [1.54, 1.807) is 23.7 Å². The van der Waals surface area contributed by atoms with Crippen molar-refractivity contribution in [1.82, 2.24) is 9.96 Å². The highest BCUT2D eigenvalue weighted by Gasteiger charge is 2.50. The molecular weight excluding hydrogens is 266 g/mol. The SMILES string of the molecule is C=[C+]N(C)OCC1=C(C(C)=O)N2C(O)C(N)C2SC1. The number of hydroxylamine groups is 2. The second kappa shape index (κ2) is 5.48. The number of fused-ring (bicyclic) bond motifs is 1. The number of hydrogen-bond donors (Lipinski definition) is 2. The predicted octanol–water partition coefficient (Wildman–Crippen LogP) is -0.326. The largest absolute Gasteiger partial charge is 0.389 e. The summed E-state index contributed by atoms with van der Waals surface area (Å²) in [4.78, 5) is 18.9. The van der Waals surface area contributed by atoms with Crippen molar-refractivity contribution in [2.45, 2.75) is 24.6 Å². The standard InChI is InChI=1S/C12H18N3O3S/c1-4-14(3)18-5-8-6-19-12-9(13)11(17)15(12)10(8)7(2)16/h9,11-12,17H,1,5-6,13H2,2-3H3/q+1. The van der Waals surface area contributed by atoms with Gasteiger partial charge < -0.3 is 15.7 Å². The lowest BCUT2D eigenvalue weighted by molar-refractivity contribution is -0.126. The van der Waals surface area contributed by atoms with Gasteiger partial charge in [-0.05, 0) is 10.6 Å². The minimum absolute atomic E-state index is 0.0265. The highest BCUT2D eigenvalue weighted by molar-refractivity contribution is 8.00. The first-order valence-corrected chi connectivity index (χ1v) is 6.98. The molecule has 1 fully saturated rings. The third kappa shape index (κ3) is 2.48. The van der Waals surface area contributed by atoms with E-state index in [1.807, 2.05) is 0 Å². The van der Waals surface area contributed by atoms with E-state index in [0.717, 1.165) is 5.57 Å². The lowest BCUT2D eigenvalue weighted by Crippen LogP contribution is -2.71. The summed E-state index contributed by atoms with van der Waals surface area (Å²) < 4.78 is 0. The average Bonchev–Trinajstić information content (AvgIpc) is 2.42. The molecule has 2 heterocycles. The van der Waals surface area contributed by atoms with Gasteiger partial charge in [0.05, 0.1) is 24.2 Å². The number of aliphatic hydroxyl groups is 1. The average molecular weight is 284 g/mol. The van der Waals surface area contributed by atoms with Crippen molar-refractivity contribution in [3.63, 3.8) is 0 Å². The molecule has 0 aromatic rings. The summed E-state index contributed by atoms with van der Waals surface area (Å²) in [5.74, 6) is 0.585. The number of allylic oxidation sites excluding steroid dienone is 1. The monoisotopic (exact) mass is 284 g/mol. The molecule has 0 aromatic heterocycles. The molecule has 0 aromatic carbocycles. The van der Waals surface area contributed by atoms with E-state index in [4.69, 9.17) is 10.6 Å². The molecule has 3 atom stereocenters. The number of carbonyl (C=O) groups is 1. The van der Waals surface area contributed by atoms with Crippen molar-refractivity contribution in [1.29, 1.82) is 0 Å². The number of nitrogens with zero attached hydrogens (tertiary/aromatic N) is 2. The molecule has 0 spiro atoms. The Labute approximate surface area is 116 Å². The fourth-order valence-electron chi connectivity index (χ4n) is 2.22. The third-order valence-electron chi connectivity index (χ3n) is 3.24. The minimum Gasteiger partial charge on any atom is -0.372 e. The van der Waals surface area contributed by atoms with Gasteiger partial charge in [-0.1, -0.05) is 0 Å². The summed E-state index contributed by atoms with van der Waals surface area (Å²) in [6.07, 6.45) is 1.77. The molecule has 104 valence electrons. The second-order valence-electron chi connectivity index (χ2n) is 4.54. The van der Waals surface area contributed by atoms with Crippen LogP contribution in [0.2, 0.25) is 0 Å². The van der Waals surface area contributed by atoms with Gasteiger partial charge in [0, 0.05) is 12.7 Å². The number of aliphatic hydroxyl groups excluding tert-OH is 1. The lowest BCUT2D eigenvalue weighted by atomic mass is 10.0. The normalized spacial score (nSPS) is 29.5. The Morgan fingerprint density at radius 2 is 2.47 bits per heavy atom. The number of ketones is 1. The van der Waals surface area contributed by atoms with E-state index in [-0.39, 0.29) is 23.8 Å². The van der Waals surface area contributed by atoms with Crippen LogP contribution in [0.5, 0.6) is 0 Å². The van der Waals surface area contributed by atoms with Crippen LogP contribution in [0.4, 0.5) is 0 Å². The van der Waals surface area contributed by atoms with Crippen molar-refractivity contribution in [2.75, 3.05) is 19.4 Å². The Kier molecular flexibility index (Phi) is 4.13. The van der Waals surface area contributed by atoms with E-state index in [0.29, 0.717) is 11.4 Å². The number of rotatable bonds is 5. The van der Waals surface area contributed by atoms with Gasteiger partial charge in [-0.15, -0.1) is 11.8 Å². The predicted molar refractivity (Wildman–Crippen MR) is 72.4 cm³/mol. The molecule has 0 saturated carbocycles. The Balaban J connectivity index is 2.18. The first kappa shape index (κ1) is 14.3. The van der Waals surface area contributed by atoms with Crippen LogP contribution in [0, 0.1) is 6.20 Å². The molecule has 7 heteroatoms. The number of Topliss-reactive ketones (excluding diaryl/α,β-unsaturated/α-hetero) is 1. The van der Waals surface area contributed by atoms with Gasteiger partial charge >= 0.3 is 6.20 Å². The van der Waals surface area contributed by atoms with Crippen LogP contribution >= 0.6 is 11.8 Å². The minimum atomic E-state index is -0.796. The smallest absolute Gasteiger partial charge is 0.372 e. The summed E-state index contributed by atoms with van der Waals surface area (Å²) in [5.41, 5.74) is 7.20. The quantitative estimate of drug-likeness (QED) is 0.407. The molecule has 1 saturated heterocycles. The Morgan fingerprint density at radius 3 is 3.05 bits per heavy atom. The molecule has 0 radical (unpaired) electrons. The Hall–Kier alpha value is -1.11. The van der Waals surface area contributed by atoms with Gasteiger partial charge in [0.25, 0.3) is 0 Å². The summed E-state index contributed by atoms with van der Waals surface area (Å²) in [5, 5.41) is 11.2. The Morgan fingerprint density at radius 1 is 1.79 bits per heavy atom. The van der Waals surface area contributed by atoms with Crippen molar-refractivity contribution in [2.24, 2.45) is 5.73 Å². The fraction of sp³-hybridized carbons (Fsp3) is 0.583. The summed E-state index contributed by atoms with van der Waals surface area (Å²) >= 11 is 1.61. The van der Waals surface area contributed by atoms with Crippen LogP contribution in [0.25, 0.3) is 0 Å². The van der Waals surface area contributed by atoms with Crippen LogP contribution in [0.1, 0.15) is 6.92 Å². The first-order chi connectivity index (χ1) is 8.97. The molecule has 0 aliphatic carbocycles. The summed E-state index contributed by atoms with van der Waals surface area (Å²) in [6.45, 7) is 5.22. The molecule has 3 N–H and O–H groups in total. The van der Waals surface area contributed by atoms with Gasteiger partial charge in [-0.3, -0.25) is 4.79 Å². The molecular formula is C12H18N3O3S+.